The predicted octanol–water partition coefficient (Wildman–Crippen LogP) is 3.49. The standard InChI is InChI=1S/C16H18N2O2/c1-13(14-7-3-2-4-8-14)11-17-12-15-9-5-6-10-16(15)18(19)20/h2-10,13,17H,11-12H2,1H3. The van der Waals surface area contributed by atoms with Gasteiger partial charge < -0.3 is 5.32 Å². The van der Waals surface area contributed by atoms with Crippen LogP contribution in [0, 0.1) is 10.1 Å². The summed E-state index contributed by atoms with van der Waals surface area (Å²) in [5.74, 6) is 0.374. The Kier molecular flexibility index (Phi) is 4.85. The molecule has 0 aromatic heterocycles. The molecule has 4 heteroatoms. The van der Waals surface area contributed by atoms with Gasteiger partial charge in [-0.1, -0.05) is 55.5 Å². The minimum absolute atomic E-state index is 0.173. The third kappa shape index (κ3) is 3.65. The lowest BCUT2D eigenvalue weighted by Gasteiger charge is -2.13. The number of nitrogens with zero attached hydrogens (tertiary/aromatic N) is 1. The first-order chi connectivity index (χ1) is 9.68. The van der Waals surface area contributed by atoms with Crippen LogP contribution in [0.4, 0.5) is 5.69 Å². The third-order valence-corrected chi connectivity index (χ3v) is 3.32. The molecular formula is C16H18N2O2. The van der Waals surface area contributed by atoms with Gasteiger partial charge in [-0.2, -0.15) is 0 Å². The van der Waals surface area contributed by atoms with Crippen LogP contribution in [-0.4, -0.2) is 11.5 Å². The Labute approximate surface area is 118 Å². The molecule has 0 aliphatic carbocycles. The van der Waals surface area contributed by atoms with Crippen molar-refractivity contribution in [1.82, 2.24) is 5.32 Å². The summed E-state index contributed by atoms with van der Waals surface area (Å²) in [6.07, 6.45) is 0. The maximum atomic E-state index is 10.9. The minimum atomic E-state index is -0.336. The zero-order valence-corrected chi connectivity index (χ0v) is 11.5. The van der Waals surface area contributed by atoms with Crippen molar-refractivity contribution in [3.63, 3.8) is 0 Å². The number of nitro groups is 1. The molecule has 104 valence electrons. The van der Waals surface area contributed by atoms with Crippen LogP contribution in [0.1, 0.15) is 24.0 Å². The van der Waals surface area contributed by atoms with Gasteiger partial charge in [-0.3, -0.25) is 10.1 Å². The van der Waals surface area contributed by atoms with E-state index in [0.717, 1.165) is 12.1 Å². The lowest BCUT2D eigenvalue weighted by molar-refractivity contribution is -0.385. The zero-order valence-electron chi connectivity index (χ0n) is 11.5. The number of rotatable bonds is 6. The van der Waals surface area contributed by atoms with Crippen LogP contribution in [0.3, 0.4) is 0 Å². The highest BCUT2D eigenvalue weighted by molar-refractivity contribution is 5.39. The number of hydrogen-bond acceptors (Lipinski definition) is 3. The molecule has 2 aromatic rings. The molecule has 0 fully saturated rings. The van der Waals surface area contributed by atoms with Gasteiger partial charge >= 0.3 is 0 Å². The van der Waals surface area contributed by atoms with E-state index in [0.29, 0.717) is 12.5 Å². The molecule has 0 amide bonds. The molecule has 0 saturated carbocycles. The molecule has 0 radical (unpaired) electrons. The first kappa shape index (κ1) is 14.2. The van der Waals surface area contributed by atoms with Crippen molar-refractivity contribution in [1.29, 1.82) is 0 Å². The quantitative estimate of drug-likeness (QED) is 0.645. The summed E-state index contributed by atoms with van der Waals surface area (Å²) in [6, 6.07) is 17.1. The Balaban J connectivity index is 1.92. The Morgan fingerprint density at radius 3 is 2.45 bits per heavy atom. The summed E-state index contributed by atoms with van der Waals surface area (Å²) in [5, 5.41) is 14.2. The van der Waals surface area contributed by atoms with Crippen molar-refractivity contribution >= 4 is 5.69 Å². The van der Waals surface area contributed by atoms with Crippen LogP contribution in [0.15, 0.2) is 54.6 Å². The van der Waals surface area contributed by atoms with Crippen LogP contribution in [0.25, 0.3) is 0 Å². The minimum Gasteiger partial charge on any atom is -0.312 e. The molecule has 0 aliphatic rings. The fourth-order valence-corrected chi connectivity index (χ4v) is 2.16. The van der Waals surface area contributed by atoms with Crippen LogP contribution < -0.4 is 5.32 Å². The van der Waals surface area contributed by atoms with Gasteiger partial charge in [0.05, 0.1) is 4.92 Å². The summed E-state index contributed by atoms with van der Waals surface area (Å²) in [7, 11) is 0. The molecule has 0 spiro atoms. The van der Waals surface area contributed by atoms with E-state index in [2.05, 4.69) is 24.4 Å². The largest absolute Gasteiger partial charge is 0.312 e. The van der Waals surface area contributed by atoms with Gasteiger partial charge in [-0.15, -0.1) is 0 Å². The lowest BCUT2D eigenvalue weighted by atomic mass is 10.0. The maximum absolute atomic E-state index is 10.9. The molecule has 0 saturated heterocycles. The predicted molar refractivity (Wildman–Crippen MR) is 79.7 cm³/mol. The van der Waals surface area contributed by atoms with E-state index < -0.39 is 0 Å². The van der Waals surface area contributed by atoms with Gasteiger partial charge in [-0.25, -0.2) is 0 Å². The normalized spacial score (nSPS) is 12.1. The van der Waals surface area contributed by atoms with Crippen LogP contribution >= 0.6 is 0 Å². The van der Waals surface area contributed by atoms with Crippen molar-refractivity contribution in [2.45, 2.75) is 19.4 Å². The van der Waals surface area contributed by atoms with Gasteiger partial charge in [0.2, 0.25) is 0 Å². The monoisotopic (exact) mass is 270 g/mol. The molecule has 0 aliphatic heterocycles. The van der Waals surface area contributed by atoms with Crippen molar-refractivity contribution in [2.24, 2.45) is 0 Å². The molecule has 0 bridgehead atoms. The van der Waals surface area contributed by atoms with Gasteiger partial charge in [0.15, 0.2) is 0 Å². The summed E-state index contributed by atoms with van der Waals surface area (Å²) in [4.78, 5) is 10.6. The second kappa shape index (κ2) is 6.82. The average molecular weight is 270 g/mol. The highest BCUT2D eigenvalue weighted by atomic mass is 16.6. The number of nitrogens with one attached hydrogen (secondary N) is 1. The molecular weight excluding hydrogens is 252 g/mol. The summed E-state index contributed by atoms with van der Waals surface area (Å²) in [5.41, 5.74) is 2.16. The molecule has 2 aromatic carbocycles. The van der Waals surface area contributed by atoms with Crippen molar-refractivity contribution < 1.29 is 4.92 Å². The first-order valence-electron chi connectivity index (χ1n) is 6.66. The van der Waals surface area contributed by atoms with Gasteiger partial charge in [0, 0.05) is 24.7 Å². The highest BCUT2D eigenvalue weighted by Crippen LogP contribution is 2.18. The van der Waals surface area contributed by atoms with Gasteiger partial charge in [-0.05, 0) is 11.5 Å². The molecule has 2 rings (SSSR count). The highest BCUT2D eigenvalue weighted by Gasteiger charge is 2.12. The smallest absolute Gasteiger partial charge is 0.273 e. The Morgan fingerprint density at radius 2 is 1.75 bits per heavy atom. The maximum Gasteiger partial charge on any atom is 0.273 e. The van der Waals surface area contributed by atoms with E-state index in [9.17, 15) is 10.1 Å². The molecule has 0 heterocycles. The lowest BCUT2D eigenvalue weighted by Crippen LogP contribution is -2.20. The fraction of sp³-hybridized carbons (Fsp3) is 0.250. The van der Waals surface area contributed by atoms with E-state index >= 15 is 0 Å². The molecule has 1 atom stereocenters. The Morgan fingerprint density at radius 1 is 1.10 bits per heavy atom. The zero-order chi connectivity index (χ0) is 14.4. The Bertz CT molecular complexity index is 570. The topological polar surface area (TPSA) is 55.2 Å². The number of para-hydroxylation sites is 1. The van der Waals surface area contributed by atoms with E-state index in [1.165, 1.54) is 11.6 Å². The Hall–Kier alpha value is -2.20. The number of benzene rings is 2. The van der Waals surface area contributed by atoms with Crippen LogP contribution in [0.2, 0.25) is 0 Å². The third-order valence-electron chi connectivity index (χ3n) is 3.32. The second-order valence-corrected chi connectivity index (χ2v) is 4.83. The number of nitro benzene ring substituents is 1. The van der Waals surface area contributed by atoms with E-state index in [-0.39, 0.29) is 10.6 Å². The fourth-order valence-electron chi connectivity index (χ4n) is 2.16. The van der Waals surface area contributed by atoms with Crippen molar-refractivity contribution in [3.05, 3.63) is 75.8 Å². The molecule has 1 unspecified atom stereocenters. The van der Waals surface area contributed by atoms with Crippen molar-refractivity contribution in [3.8, 4) is 0 Å². The second-order valence-electron chi connectivity index (χ2n) is 4.83. The summed E-state index contributed by atoms with van der Waals surface area (Å²) >= 11 is 0. The SMILES string of the molecule is CC(CNCc1ccccc1[N+](=O)[O-])c1ccccc1. The van der Waals surface area contributed by atoms with E-state index in [1.807, 2.05) is 24.3 Å². The van der Waals surface area contributed by atoms with Crippen molar-refractivity contribution in [2.75, 3.05) is 6.54 Å². The molecule has 1 N–H and O–H groups in total. The van der Waals surface area contributed by atoms with Crippen LogP contribution in [0.5, 0.6) is 0 Å². The van der Waals surface area contributed by atoms with Crippen LogP contribution in [-0.2, 0) is 6.54 Å². The van der Waals surface area contributed by atoms with Gasteiger partial charge in [0.1, 0.15) is 0 Å². The van der Waals surface area contributed by atoms with E-state index in [1.54, 1.807) is 12.1 Å². The molecule has 4 nitrogen and oxygen atoms in total. The van der Waals surface area contributed by atoms with E-state index in [4.69, 9.17) is 0 Å². The summed E-state index contributed by atoms with van der Waals surface area (Å²) in [6.45, 7) is 3.44. The molecule has 20 heavy (non-hydrogen) atoms. The average Bonchev–Trinajstić information content (AvgIpc) is 2.48. The van der Waals surface area contributed by atoms with Gasteiger partial charge in [0.25, 0.3) is 5.69 Å². The summed E-state index contributed by atoms with van der Waals surface area (Å²) < 4.78 is 0. The first-order valence-corrected chi connectivity index (χ1v) is 6.66. The number of hydrogen-bond donors (Lipinski definition) is 1.